The lowest BCUT2D eigenvalue weighted by atomic mass is 10.1. The Morgan fingerprint density at radius 2 is 0.815 bits per heavy atom. The zero-order valence-electron chi connectivity index (χ0n) is 30.4. The van der Waals surface area contributed by atoms with E-state index < -0.39 is 116 Å². The van der Waals surface area contributed by atoms with Gasteiger partial charge in [0.25, 0.3) is 0 Å². The van der Waals surface area contributed by atoms with Crippen molar-refractivity contribution >= 4 is 65.1 Å². The number of carboxylic acids is 4. The van der Waals surface area contributed by atoms with E-state index in [4.69, 9.17) is 5.11 Å². The predicted molar refractivity (Wildman–Crippen MR) is 184 cm³/mol. The van der Waals surface area contributed by atoms with E-state index in [9.17, 15) is 68.1 Å². The average Bonchev–Trinajstić information content (AvgIpc) is 3.08. The minimum atomic E-state index is -1.64. The van der Waals surface area contributed by atoms with Crippen LogP contribution in [0, 0.1) is 0 Å². The third-order valence-electron chi connectivity index (χ3n) is 7.74. The standard InChI is InChI=1S/C32H51N7O15/c1-17(40)19(33-3)6-4-5-15-34-28(46)16-35-24(42)11-7-21(30(49)50)37-26(44)13-9-23(32(53)54)39-27(45)14-10-22(31(51)52)38-25(43)12-8-20(29(47)48)36-18(2)41/h19-23,33H,4-16H2,1-3H3,(H,34,46)(H,35,42)(H,36,41)(H,37,44)(H,38,43)(H,39,45)(H,47,48)(H,49,50)(H,51,52)(H,53,54). The van der Waals surface area contributed by atoms with Crippen LogP contribution < -0.4 is 37.2 Å². The quantitative estimate of drug-likeness (QED) is 0.0337. The number of carboxylic acid groups (broad SMARTS) is 4. The van der Waals surface area contributed by atoms with Crippen LogP contribution in [-0.4, -0.2) is 136 Å². The molecule has 11 N–H and O–H groups in total. The molecule has 22 nitrogen and oxygen atoms in total. The number of ketones is 1. The molecule has 0 aliphatic rings. The first-order valence-corrected chi connectivity index (χ1v) is 17.0. The Morgan fingerprint density at radius 3 is 1.15 bits per heavy atom. The summed E-state index contributed by atoms with van der Waals surface area (Å²) in [6.07, 6.45) is -1.85. The monoisotopic (exact) mass is 773 g/mol. The van der Waals surface area contributed by atoms with Crippen molar-refractivity contribution in [1.82, 2.24) is 37.2 Å². The van der Waals surface area contributed by atoms with Crippen LogP contribution in [0.1, 0.15) is 84.5 Å². The molecule has 0 heterocycles. The molecule has 0 saturated heterocycles. The molecule has 0 radical (unpaired) electrons. The summed E-state index contributed by atoms with van der Waals surface area (Å²) in [5.74, 6) is -10.5. The van der Waals surface area contributed by atoms with E-state index in [0.717, 1.165) is 6.92 Å². The van der Waals surface area contributed by atoms with Crippen molar-refractivity contribution in [3.05, 3.63) is 0 Å². The maximum absolute atomic E-state index is 12.4. The Labute approximate surface area is 310 Å². The molecular weight excluding hydrogens is 722 g/mol. The van der Waals surface area contributed by atoms with Gasteiger partial charge < -0.3 is 57.6 Å². The van der Waals surface area contributed by atoms with Gasteiger partial charge in [-0.05, 0) is 58.9 Å². The molecule has 22 heteroatoms. The van der Waals surface area contributed by atoms with E-state index in [0.29, 0.717) is 25.8 Å². The van der Waals surface area contributed by atoms with Crippen molar-refractivity contribution in [2.75, 3.05) is 20.1 Å². The van der Waals surface area contributed by atoms with Gasteiger partial charge in [-0.15, -0.1) is 0 Å². The molecule has 0 aromatic carbocycles. The summed E-state index contributed by atoms with van der Waals surface area (Å²) in [5.41, 5.74) is 0. The normalized spacial score (nSPS) is 13.4. The first kappa shape index (κ1) is 48.3. The van der Waals surface area contributed by atoms with E-state index in [2.05, 4.69) is 37.2 Å². The largest absolute Gasteiger partial charge is 0.480 e. The van der Waals surface area contributed by atoms with Gasteiger partial charge in [0, 0.05) is 39.2 Å². The lowest BCUT2D eigenvalue weighted by molar-refractivity contribution is -0.144. The fraction of sp³-hybridized carbons (Fsp3) is 0.656. The van der Waals surface area contributed by atoms with Crippen molar-refractivity contribution in [2.24, 2.45) is 0 Å². The Balaban J connectivity index is 4.75. The van der Waals surface area contributed by atoms with Crippen molar-refractivity contribution in [1.29, 1.82) is 0 Å². The minimum Gasteiger partial charge on any atom is -0.480 e. The maximum atomic E-state index is 12.4. The first-order valence-electron chi connectivity index (χ1n) is 17.0. The van der Waals surface area contributed by atoms with Crippen LogP contribution in [-0.2, 0) is 52.7 Å². The van der Waals surface area contributed by atoms with Crippen LogP contribution in [0.4, 0.5) is 0 Å². The van der Waals surface area contributed by atoms with E-state index in [-0.39, 0.29) is 37.6 Å². The van der Waals surface area contributed by atoms with Crippen molar-refractivity contribution in [3.8, 4) is 0 Å². The molecule has 0 fully saturated rings. The molecule has 54 heavy (non-hydrogen) atoms. The van der Waals surface area contributed by atoms with Gasteiger partial charge in [-0.3, -0.25) is 33.6 Å². The maximum Gasteiger partial charge on any atom is 0.326 e. The zero-order chi connectivity index (χ0) is 41.4. The van der Waals surface area contributed by atoms with Gasteiger partial charge >= 0.3 is 23.9 Å². The third-order valence-corrected chi connectivity index (χ3v) is 7.74. The number of unbranched alkanes of at least 4 members (excludes halogenated alkanes) is 1. The van der Waals surface area contributed by atoms with Gasteiger partial charge in [-0.2, -0.15) is 0 Å². The molecular formula is C32H51N7O15. The predicted octanol–water partition coefficient (Wildman–Crippen LogP) is -3.02. The van der Waals surface area contributed by atoms with E-state index in [1.807, 2.05) is 0 Å². The van der Waals surface area contributed by atoms with Crippen molar-refractivity contribution in [2.45, 2.75) is 115 Å². The fourth-order valence-electron chi connectivity index (χ4n) is 4.76. The highest BCUT2D eigenvalue weighted by molar-refractivity contribution is 5.89. The van der Waals surface area contributed by atoms with Gasteiger partial charge in [0.2, 0.25) is 35.4 Å². The molecule has 0 aromatic rings. The summed E-state index contributed by atoms with van der Waals surface area (Å²) in [5, 5.41) is 53.8. The van der Waals surface area contributed by atoms with Crippen LogP contribution >= 0.6 is 0 Å². The number of hydrogen-bond donors (Lipinski definition) is 11. The molecule has 0 aliphatic heterocycles. The summed E-state index contributed by atoms with van der Waals surface area (Å²) in [6.45, 7) is 2.49. The van der Waals surface area contributed by atoms with Gasteiger partial charge in [0.15, 0.2) is 0 Å². The van der Waals surface area contributed by atoms with Crippen molar-refractivity contribution in [3.63, 3.8) is 0 Å². The second kappa shape index (κ2) is 26.1. The van der Waals surface area contributed by atoms with Gasteiger partial charge in [0.05, 0.1) is 12.6 Å². The van der Waals surface area contributed by atoms with Gasteiger partial charge in [-0.1, -0.05) is 0 Å². The number of carbonyl (C=O) groups is 11. The summed E-state index contributed by atoms with van der Waals surface area (Å²) in [7, 11) is 1.68. The Morgan fingerprint density at radius 1 is 0.444 bits per heavy atom. The number of aliphatic carboxylic acids is 4. The summed E-state index contributed by atoms with van der Waals surface area (Å²) < 4.78 is 0. The second-order valence-corrected chi connectivity index (χ2v) is 12.2. The number of likely N-dealkylation sites (N-methyl/N-ethyl adjacent to an activating group) is 1. The average molecular weight is 774 g/mol. The molecule has 5 atom stereocenters. The highest BCUT2D eigenvalue weighted by atomic mass is 16.4. The zero-order valence-corrected chi connectivity index (χ0v) is 30.4. The summed E-state index contributed by atoms with van der Waals surface area (Å²) in [6, 6.07) is -6.47. The first-order chi connectivity index (χ1) is 25.3. The number of amides is 6. The number of carbonyl (C=O) groups excluding carboxylic acids is 7. The minimum absolute atomic E-state index is 0.00750. The topological polar surface area (TPSA) is 353 Å². The Kier molecular flexibility index (Phi) is 23.4. The second-order valence-electron chi connectivity index (χ2n) is 12.2. The molecule has 6 amide bonds. The molecule has 0 aliphatic carbocycles. The van der Waals surface area contributed by atoms with Crippen LogP contribution in [0.25, 0.3) is 0 Å². The molecule has 0 aromatic heterocycles. The lowest BCUT2D eigenvalue weighted by Crippen LogP contribution is -2.45. The highest BCUT2D eigenvalue weighted by Crippen LogP contribution is 2.06. The highest BCUT2D eigenvalue weighted by Gasteiger charge is 2.27. The van der Waals surface area contributed by atoms with Gasteiger partial charge in [0.1, 0.15) is 30.0 Å². The van der Waals surface area contributed by atoms with Crippen LogP contribution in [0.5, 0.6) is 0 Å². The smallest absolute Gasteiger partial charge is 0.326 e. The Hall–Kier alpha value is -5.67. The molecule has 0 spiro atoms. The lowest BCUT2D eigenvalue weighted by Gasteiger charge is -2.18. The van der Waals surface area contributed by atoms with E-state index in [1.165, 1.54) is 6.92 Å². The van der Waals surface area contributed by atoms with E-state index >= 15 is 0 Å². The molecule has 0 rings (SSSR count). The number of Topliss-reactive ketones (excluding diaryl/α,β-unsaturated/α-hetero) is 1. The van der Waals surface area contributed by atoms with Crippen molar-refractivity contribution < 1.29 is 73.2 Å². The van der Waals surface area contributed by atoms with Gasteiger partial charge in [-0.25, -0.2) is 19.2 Å². The van der Waals surface area contributed by atoms with E-state index in [1.54, 1.807) is 7.05 Å². The third kappa shape index (κ3) is 22.3. The van der Waals surface area contributed by atoms with Crippen LogP contribution in [0.15, 0.2) is 0 Å². The number of nitrogens with one attached hydrogen (secondary N) is 7. The summed E-state index contributed by atoms with van der Waals surface area (Å²) >= 11 is 0. The Bertz CT molecular complexity index is 1370. The molecule has 304 valence electrons. The fourth-order valence-corrected chi connectivity index (χ4v) is 4.76. The number of hydrogen-bond acceptors (Lipinski definition) is 12. The summed E-state index contributed by atoms with van der Waals surface area (Å²) in [4.78, 5) is 130. The molecule has 0 saturated carbocycles. The SMILES string of the molecule is CNC(CCCCNC(=O)CNC(=O)CCC(NC(=O)CCC(NC(=O)CCC(NC(=O)CCC(NC(C)=O)C(=O)O)C(=O)O)C(=O)O)C(=O)O)C(C)=O. The van der Waals surface area contributed by atoms with Crippen LogP contribution in [0.3, 0.4) is 0 Å². The molecule has 0 bridgehead atoms. The molecule has 5 unspecified atom stereocenters. The van der Waals surface area contributed by atoms with Crippen LogP contribution in [0.2, 0.25) is 0 Å². The number of rotatable bonds is 29.